The lowest BCUT2D eigenvalue weighted by molar-refractivity contribution is 0.180. The molecule has 1 atom stereocenters. The molecular weight excluding hydrogens is 246 g/mol. The number of benzene rings is 1. The third-order valence-corrected chi connectivity index (χ3v) is 2.74. The molecule has 102 valence electrons. The van der Waals surface area contributed by atoms with Crippen LogP contribution in [0.1, 0.15) is 31.7 Å². The molecule has 1 unspecified atom stereocenters. The van der Waals surface area contributed by atoms with Crippen LogP contribution in [0.25, 0.3) is 0 Å². The molecular formula is C13H17N3O3. The number of anilines is 1. The third-order valence-electron chi connectivity index (χ3n) is 2.74. The molecule has 0 bridgehead atoms. The molecule has 0 aliphatic carbocycles. The average Bonchev–Trinajstić information content (AvgIpc) is 2.44. The molecule has 6 heteroatoms. The van der Waals surface area contributed by atoms with E-state index < -0.39 is 12.1 Å². The first-order valence-corrected chi connectivity index (χ1v) is 5.97. The number of methoxy groups -OCH3 is 1. The van der Waals surface area contributed by atoms with Gasteiger partial charge in [0.25, 0.3) is 0 Å². The lowest BCUT2D eigenvalue weighted by Gasteiger charge is -2.09. The van der Waals surface area contributed by atoms with E-state index in [0.717, 1.165) is 13.5 Å². The summed E-state index contributed by atoms with van der Waals surface area (Å²) >= 11 is 0. The van der Waals surface area contributed by atoms with Crippen LogP contribution in [-0.4, -0.2) is 19.2 Å². The van der Waals surface area contributed by atoms with Crippen LogP contribution in [0.3, 0.4) is 0 Å². The Morgan fingerprint density at radius 1 is 1.26 bits per heavy atom. The summed E-state index contributed by atoms with van der Waals surface area (Å²) in [6.07, 6.45) is 0.140. The van der Waals surface area contributed by atoms with Gasteiger partial charge in [0.15, 0.2) is 0 Å². The molecule has 0 heterocycles. The van der Waals surface area contributed by atoms with Crippen LogP contribution in [0.15, 0.2) is 34.5 Å². The van der Waals surface area contributed by atoms with Crippen molar-refractivity contribution in [3.05, 3.63) is 29.8 Å². The van der Waals surface area contributed by atoms with Crippen LogP contribution in [0.2, 0.25) is 0 Å². The third kappa shape index (κ3) is 4.87. The second-order valence-corrected chi connectivity index (χ2v) is 4.03. The first kappa shape index (κ1) is 14.8. The maximum Gasteiger partial charge on any atom is 0.452 e. The van der Waals surface area contributed by atoms with E-state index in [-0.39, 0.29) is 0 Å². The van der Waals surface area contributed by atoms with Crippen LogP contribution in [0.4, 0.5) is 15.3 Å². The van der Waals surface area contributed by atoms with Crippen molar-refractivity contribution in [2.45, 2.75) is 26.2 Å². The van der Waals surface area contributed by atoms with Crippen LogP contribution < -0.4 is 5.32 Å². The van der Waals surface area contributed by atoms with Crippen molar-refractivity contribution >= 4 is 17.8 Å². The molecule has 0 aliphatic rings. The number of rotatable bonds is 3. The van der Waals surface area contributed by atoms with E-state index in [2.05, 4.69) is 34.1 Å². The van der Waals surface area contributed by atoms with Crippen LogP contribution in [0, 0.1) is 0 Å². The normalized spacial score (nSPS) is 12.2. The monoisotopic (exact) mass is 263 g/mol. The smallest absolute Gasteiger partial charge is 0.450 e. The first-order valence-electron chi connectivity index (χ1n) is 5.97. The van der Waals surface area contributed by atoms with Gasteiger partial charge in [0, 0.05) is 5.69 Å². The average molecular weight is 263 g/mol. The van der Waals surface area contributed by atoms with Crippen LogP contribution >= 0.6 is 0 Å². The van der Waals surface area contributed by atoms with Gasteiger partial charge >= 0.3 is 12.1 Å². The second-order valence-electron chi connectivity index (χ2n) is 4.03. The molecule has 0 aromatic heterocycles. The van der Waals surface area contributed by atoms with Gasteiger partial charge in [-0.2, -0.15) is 0 Å². The highest BCUT2D eigenvalue weighted by atomic mass is 16.5. The summed E-state index contributed by atoms with van der Waals surface area (Å²) in [5, 5.41) is 8.71. The summed E-state index contributed by atoms with van der Waals surface area (Å²) in [6.45, 7) is 4.26. The van der Waals surface area contributed by atoms with Gasteiger partial charge in [-0.25, -0.2) is 9.59 Å². The van der Waals surface area contributed by atoms with Gasteiger partial charge in [-0.1, -0.05) is 36.2 Å². The number of carbonyl (C=O) groups is 2. The summed E-state index contributed by atoms with van der Waals surface area (Å²) in [5.41, 5.74) is 1.80. The molecule has 0 spiro atoms. The number of amides is 3. The minimum Gasteiger partial charge on any atom is -0.450 e. The van der Waals surface area contributed by atoms with E-state index in [1.807, 2.05) is 12.1 Å². The molecule has 1 aromatic carbocycles. The Morgan fingerprint density at radius 3 is 2.42 bits per heavy atom. The Bertz CT molecular complexity index is 469. The lowest BCUT2D eigenvalue weighted by Crippen LogP contribution is -2.06. The topological polar surface area (TPSA) is 80.1 Å². The zero-order chi connectivity index (χ0) is 14.3. The standard InChI is InChI=1S/C13H17N3O3/c1-4-9(2)10-5-7-11(8-6-10)14-12(17)15-16-13(18)19-3/h5-9H,4H2,1-3H3,(H,14,17). The molecule has 1 N–H and O–H groups in total. The predicted octanol–water partition coefficient (Wildman–Crippen LogP) is 3.95. The van der Waals surface area contributed by atoms with E-state index in [9.17, 15) is 9.59 Å². The number of hydrogen-bond donors (Lipinski definition) is 1. The van der Waals surface area contributed by atoms with Gasteiger partial charge in [0.1, 0.15) is 0 Å². The molecule has 1 aromatic rings. The zero-order valence-electron chi connectivity index (χ0n) is 11.2. The van der Waals surface area contributed by atoms with E-state index in [1.54, 1.807) is 12.1 Å². The molecule has 19 heavy (non-hydrogen) atoms. The Kier molecular flexibility index (Phi) is 5.66. The number of hydrogen-bond acceptors (Lipinski definition) is 3. The molecule has 0 fully saturated rings. The van der Waals surface area contributed by atoms with Crippen molar-refractivity contribution < 1.29 is 14.3 Å². The highest BCUT2D eigenvalue weighted by Gasteiger charge is 2.05. The number of ether oxygens (including phenoxy) is 1. The number of azo groups is 1. The Morgan fingerprint density at radius 2 is 1.89 bits per heavy atom. The predicted molar refractivity (Wildman–Crippen MR) is 71.4 cm³/mol. The van der Waals surface area contributed by atoms with Gasteiger partial charge < -0.3 is 10.1 Å². The largest absolute Gasteiger partial charge is 0.452 e. The fraction of sp³-hybridized carbons (Fsp3) is 0.385. The highest BCUT2D eigenvalue weighted by Crippen LogP contribution is 2.20. The van der Waals surface area contributed by atoms with Crippen molar-refractivity contribution in [1.29, 1.82) is 0 Å². The summed E-state index contributed by atoms with van der Waals surface area (Å²) < 4.78 is 4.23. The van der Waals surface area contributed by atoms with E-state index in [1.165, 1.54) is 5.56 Å². The Balaban J connectivity index is 2.60. The Hall–Kier alpha value is -2.24. The van der Waals surface area contributed by atoms with Gasteiger partial charge in [-0.15, -0.1) is 0 Å². The van der Waals surface area contributed by atoms with Crippen molar-refractivity contribution in [1.82, 2.24) is 0 Å². The second kappa shape index (κ2) is 7.25. The first-order chi connectivity index (χ1) is 9.06. The minimum absolute atomic E-state index is 0.476. The Labute approximate surface area is 111 Å². The summed E-state index contributed by atoms with van der Waals surface area (Å²) in [4.78, 5) is 22.0. The molecule has 0 saturated carbocycles. The minimum atomic E-state index is -0.915. The van der Waals surface area contributed by atoms with E-state index in [4.69, 9.17) is 0 Å². The molecule has 3 amide bonds. The maximum absolute atomic E-state index is 11.3. The number of urea groups is 1. The van der Waals surface area contributed by atoms with Crippen molar-refractivity contribution in [3.8, 4) is 0 Å². The number of carbonyl (C=O) groups excluding carboxylic acids is 2. The SMILES string of the molecule is CCC(C)c1ccc(NC(=O)N=NC(=O)OC)cc1. The van der Waals surface area contributed by atoms with E-state index >= 15 is 0 Å². The molecule has 0 radical (unpaired) electrons. The zero-order valence-corrected chi connectivity index (χ0v) is 11.2. The summed E-state index contributed by atoms with van der Waals surface area (Å²) in [6, 6.07) is 6.74. The summed E-state index contributed by atoms with van der Waals surface area (Å²) in [7, 11) is 1.16. The molecule has 0 saturated heterocycles. The molecule has 6 nitrogen and oxygen atoms in total. The van der Waals surface area contributed by atoms with Crippen LogP contribution in [0.5, 0.6) is 0 Å². The highest BCUT2D eigenvalue weighted by molar-refractivity contribution is 5.90. The number of nitrogens with zero attached hydrogens (tertiary/aromatic N) is 2. The lowest BCUT2D eigenvalue weighted by atomic mass is 9.99. The van der Waals surface area contributed by atoms with Gasteiger partial charge in [0.2, 0.25) is 0 Å². The quantitative estimate of drug-likeness (QED) is 0.838. The maximum atomic E-state index is 11.3. The van der Waals surface area contributed by atoms with Crippen molar-refractivity contribution in [2.24, 2.45) is 10.2 Å². The number of nitrogens with one attached hydrogen (secondary N) is 1. The van der Waals surface area contributed by atoms with Crippen molar-refractivity contribution in [3.63, 3.8) is 0 Å². The van der Waals surface area contributed by atoms with Gasteiger partial charge in [-0.3, -0.25) is 0 Å². The van der Waals surface area contributed by atoms with Crippen molar-refractivity contribution in [2.75, 3.05) is 12.4 Å². The van der Waals surface area contributed by atoms with Gasteiger partial charge in [-0.05, 0) is 30.0 Å². The summed E-state index contributed by atoms with van der Waals surface area (Å²) in [5.74, 6) is 0.476. The van der Waals surface area contributed by atoms with E-state index in [0.29, 0.717) is 11.6 Å². The molecule has 1 rings (SSSR count). The fourth-order valence-electron chi connectivity index (χ4n) is 1.41. The van der Waals surface area contributed by atoms with Gasteiger partial charge in [0.05, 0.1) is 7.11 Å². The molecule has 0 aliphatic heterocycles. The van der Waals surface area contributed by atoms with Crippen LogP contribution in [-0.2, 0) is 4.74 Å². The fourth-order valence-corrected chi connectivity index (χ4v) is 1.41.